The molecule has 35 heavy (non-hydrogen) atoms. The van der Waals surface area contributed by atoms with E-state index < -0.39 is 10.0 Å². The van der Waals surface area contributed by atoms with E-state index in [9.17, 15) is 13.2 Å². The Morgan fingerprint density at radius 1 is 1.03 bits per heavy atom. The van der Waals surface area contributed by atoms with Crippen molar-refractivity contribution in [3.8, 4) is 0 Å². The molecule has 4 aliphatic heterocycles. The lowest BCUT2D eigenvalue weighted by atomic mass is 9.90. The molecule has 0 radical (unpaired) electrons. The number of aromatic nitrogens is 2. The van der Waals surface area contributed by atoms with Gasteiger partial charge in [-0.3, -0.25) is 9.10 Å². The van der Waals surface area contributed by atoms with Crippen molar-refractivity contribution in [3.63, 3.8) is 0 Å². The number of amides is 1. The fourth-order valence-corrected chi connectivity index (χ4v) is 6.27. The van der Waals surface area contributed by atoms with Crippen LogP contribution in [0.1, 0.15) is 48.9 Å². The van der Waals surface area contributed by atoms with Gasteiger partial charge in [0.1, 0.15) is 5.82 Å². The van der Waals surface area contributed by atoms with Crippen molar-refractivity contribution in [2.45, 2.75) is 38.5 Å². The molecule has 2 saturated heterocycles. The minimum atomic E-state index is -3.56. The van der Waals surface area contributed by atoms with E-state index in [0.29, 0.717) is 35.5 Å². The molecule has 1 aromatic heterocycles. The SMILES string of the molecule is O=C1Nc2ccnc(n2)NCCCCCC2CCN(CC2)c2cc(N3CCOCS3(=O)=O)ccc21. The first kappa shape index (κ1) is 23.8. The Labute approximate surface area is 206 Å². The zero-order valence-electron chi connectivity index (χ0n) is 19.8. The smallest absolute Gasteiger partial charge is 0.259 e. The molecule has 0 aliphatic carbocycles. The van der Waals surface area contributed by atoms with Gasteiger partial charge in [0.25, 0.3) is 15.9 Å². The van der Waals surface area contributed by atoms with Crippen LogP contribution in [0.2, 0.25) is 0 Å². The number of anilines is 4. The standard InChI is InChI=1S/C24H32N6O4S/c31-23-20-6-5-19(30-14-15-34-17-35(30,32)33)16-21(20)29-12-8-18(9-13-29)4-2-1-3-10-25-24-26-11-7-22(27-23)28-24/h5-7,11,16,18H,1-4,8-10,12-15,17H2,(H2,25,26,27,28,31). The van der Waals surface area contributed by atoms with E-state index in [4.69, 9.17) is 4.74 Å². The lowest BCUT2D eigenvalue weighted by molar-refractivity contribution is 0.102. The number of carbonyl (C=O) groups is 1. The van der Waals surface area contributed by atoms with Gasteiger partial charge < -0.3 is 20.3 Å². The molecule has 0 spiro atoms. The molecule has 2 aromatic rings. The topological polar surface area (TPSA) is 117 Å². The van der Waals surface area contributed by atoms with Crippen LogP contribution >= 0.6 is 0 Å². The van der Waals surface area contributed by atoms with E-state index in [0.717, 1.165) is 51.0 Å². The quantitative estimate of drug-likeness (QED) is 0.614. The van der Waals surface area contributed by atoms with Crippen molar-refractivity contribution in [2.24, 2.45) is 5.92 Å². The molecule has 2 fully saturated rings. The molecule has 4 bridgehead atoms. The van der Waals surface area contributed by atoms with E-state index in [1.54, 1.807) is 24.4 Å². The van der Waals surface area contributed by atoms with E-state index in [2.05, 4.69) is 25.5 Å². The number of nitrogens with one attached hydrogen (secondary N) is 2. The molecular formula is C24H32N6O4S. The van der Waals surface area contributed by atoms with E-state index in [1.807, 2.05) is 6.07 Å². The first-order chi connectivity index (χ1) is 17.0. The number of nitrogens with zero attached hydrogens (tertiary/aromatic N) is 4. The summed E-state index contributed by atoms with van der Waals surface area (Å²) in [6, 6.07) is 6.91. The number of carbonyl (C=O) groups excluding carboxylic acids is 1. The fourth-order valence-electron chi connectivity index (χ4n) is 5.03. The van der Waals surface area contributed by atoms with Gasteiger partial charge in [-0.25, -0.2) is 13.4 Å². The number of hydrogen-bond donors (Lipinski definition) is 2. The summed E-state index contributed by atoms with van der Waals surface area (Å²) in [6.07, 6.45) is 8.36. The molecule has 2 N–H and O–H groups in total. The number of rotatable bonds is 1. The lowest BCUT2D eigenvalue weighted by Crippen LogP contribution is -2.41. The van der Waals surface area contributed by atoms with Crippen molar-refractivity contribution in [1.82, 2.24) is 9.97 Å². The average Bonchev–Trinajstić information content (AvgIpc) is 2.86. The maximum absolute atomic E-state index is 13.4. The maximum Gasteiger partial charge on any atom is 0.259 e. The molecular weight excluding hydrogens is 468 g/mol. The second kappa shape index (κ2) is 10.4. The molecule has 188 valence electrons. The third kappa shape index (κ3) is 5.51. The van der Waals surface area contributed by atoms with Gasteiger partial charge in [0, 0.05) is 25.8 Å². The summed E-state index contributed by atoms with van der Waals surface area (Å²) < 4.78 is 31.8. The third-order valence-electron chi connectivity index (χ3n) is 6.95. The summed E-state index contributed by atoms with van der Waals surface area (Å²) in [5, 5.41) is 6.14. The maximum atomic E-state index is 13.4. The Balaban J connectivity index is 1.49. The highest BCUT2D eigenvalue weighted by Gasteiger charge is 2.29. The summed E-state index contributed by atoms with van der Waals surface area (Å²) in [5.41, 5.74) is 1.80. The monoisotopic (exact) mass is 500 g/mol. The lowest BCUT2D eigenvalue weighted by Gasteiger charge is -2.36. The van der Waals surface area contributed by atoms with Crippen LogP contribution in [0, 0.1) is 5.92 Å². The van der Waals surface area contributed by atoms with Gasteiger partial charge in [0.05, 0.1) is 30.1 Å². The highest BCUT2D eigenvalue weighted by Crippen LogP contribution is 2.33. The molecule has 0 saturated carbocycles. The normalized spacial score (nSPS) is 21.5. The van der Waals surface area contributed by atoms with E-state index in [1.165, 1.54) is 17.1 Å². The van der Waals surface area contributed by atoms with Gasteiger partial charge in [0.15, 0.2) is 5.94 Å². The highest BCUT2D eigenvalue weighted by atomic mass is 32.2. The van der Waals surface area contributed by atoms with Crippen LogP contribution in [-0.2, 0) is 14.8 Å². The van der Waals surface area contributed by atoms with Crippen molar-refractivity contribution >= 4 is 39.1 Å². The summed E-state index contributed by atoms with van der Waals surface area (Å²) in [7, 11) is -3.56. The van der Waals surface area contributed by atoms with Gasteiger partial charge in [-0.05, 0) is 49.4 Å². The number of ether oxygens (including phenoxy) is 1. The summed E-state index contributed by atoms with van der Waals surface area (Å²) in [5.74, 6) is 0.964. The van der Waals surface area contributed by atoms with Crippen LogP contribution in [0.15, 0.2) is 30.5 Å². The van der Waals surface area contributed by atoms with E-state index in [-0.39, 0.29) is 18.4 Å². The molecule has 6 rings (SSSR count). The summed E-state index contributed by atoms with van der Waals surface area (Å²) in [6.45, 7) is 3.07. The van der Waals surface area contributed by atoms with Gasteiger partial charge in [-0.15, -0.1) is 0 Å². The second-order valence-electron chi connectivity index (χ2n) is 9.34. The second-order valence-corrected chi connectivity index (χ2v) is 11.2. The Morgan fingerprint density at radius 3 is 2.71 bits per heavy atom. The Morgan fingerprint density at radius 2 is 1.89 bits per heavy atom. The minimum absolute atomic E-state index is 0.256. The highest BCUT2D eigenvalue weighted by molar-refractivity contribution is 7.92. The zero-order valence-corrected chi connectivity index (χ0v) is 20.6. The fraction of sp³-hybridized carbons (Fsp3) is 0.542. The number of sulfonamides is 1. The summed E-state index contributed by atoms with van der Waals surface area (Å²) in [4.78, 5) is 24.3. The molecule has 11 heteroatoms. The molecule has 1 aromatic carbocycles. The molecule has 4 aliphatic rings. The first-order valence-corrected chi connectivity index (χ1v) is 14.0. The van der Waals surface area contributed by atoms with Crippen molar-refractivity contribution in [2.75, 3.05) is 58.6 Å². The predicted molar refractivity (Wildman–Crippen MR) is 135 cm³/mol. The molecule has 5 heterocycles. The minimum Gasteiger partial charge on any atom is -0.371 e. The van der Waals surface area contributed by atoms with Gasteiger partial charge in [-0.1, -0.05) is 19.3 Å². The van der Waals surface area contributed by atoms with E-state index >= 15 is 0 Å². The van der Waals surface area contributed by atoms with Crippen LogP contribution in [0.25, 0.3) is 0 Å². The molecule has 0 unspecified atom stereocenters. The van der Waals surface area contributed by atoms with Crippen molar-refractivity contribution in [3.05, 3.63) is 36.0 Å². The predicted octanol–water partition coefficient (Wildman–Crippen LogP) is 3.06. The molecule has 0 atom stereocenters. The van der Waals surface area contributed by atoms with Gasteiger partial charge in [-0.2, -0.15) is 4.98 Å². The Hall–Kier alpha value is -2.92. The average molecular weight is 501 g/mol. The number of hydrogen-bond acceptors (Lipinski definition) is 8. The van der Waals surface area contributed by atoms with Crippen LogP contribution < -0.4 is 19.8 Å². The van der Waals surface area contributed by atoms with Crippen molar-refractivity contribution in [1.29, 1.82) is 0 Å². The van der Waals surface area contributed by atoms with Crippen LogP contribution in [0.4, 0.5) is 23.1 Å². The third-order valence-corrected chi connectivity index (χ3v) is 8.47. The largest absolute Gasteiger partial charge is 0.371 e. The van der Waals surface area contributed by atoms with Crippen molar-refractivity contribution < 1.29 is 17.9 Å². The van der Waals surface area contributed by atoms with Gasteiger partial charge in [0.2, 0.25) is 5.95 Å². The van der Waals surface area contributed by atoms with Gasteiger partial charge >= 0.3 is 0 Å². The molecule has 10 nitrogen and oxygen atoms in total. The number of fused-ring (bicyclic) bond motifs is 8. The number of benzene rings is 1. The Kier molecular flexibility index (Phi) is 7.05. The first-order valence-electron chi connectivity index (χ1n) is 12.3. The number of piperidine rings is 1. The summed E-state index contributed by atoms with van der Waals surface area (Å²) >= 11 is 0. The van der Waals surface area contributed by atoms with Crippen LogP contribution in [0.3, 0.4) is 0 Å². The van der Waals surface area contributed by atoms with Crippen LogP contribution in [0.5, 0.6) is 0 Å². The van der Waals surface area contributed by atoms with Crippen LogP contribution in [-0.4, -0.2) is 63.0 Å². The zero-order chi connectivity index (χ0) is 24.3. The Bertz CT molecular complexity index is 1170. The molecule has 1 amide bonds.